The molecule has 1 aliphatic heterocycles. The zero-order valence-electron chi connectivity index (χ0n) is 7.45. The van der Waals surface area contributed by atoms with Gasteiger partial charge in [0.05, 0.1) is 11.4 Å². The predicted octanol–water partition coefficient (Wildman–Crippen LogP) is 3.34. The van der Waals surface area contributed by atoms with Gasteiger partial charge in [0.1, 0.15) is 0 Å². The summed E-state index contributed by atoms with van der Waals surface area (Å²) in [5.74, 6) is 1.69. The van der Waals surface area contributed by atoms with Crippen LogP contribution in [0.3, 0.4) is 0 Å². The maximum absolute atomic E-state index is 5.68. The van der Waals surface area contributed by atoms with Crippen LogP contribution in [0.15, 0.2) is 42.5 Å². The van der Waals surface area contributed by atoms with Gasteiger partial charge in [0.25, 0.3) is 0 Å². The summed E-state index contributed by atoms with van der Waals surface area (Å²) in [5.41, 5.74) is 1.88. The fraction of sp³-hybridized carbons (Fsp3) is 0. The van der Waals surface area contributed by atoms with Gasteiger partial charge in [-0.1, -0.05) is 24.3 Å². The van der Waals surface area contributed by atoms with Gasteiger partial charge < -0.3 is 10.1 Å². The van der Waals surface area contributed by atoms with Crippen molar-refractivity contribution < 1.29 is 4.74 Å². The van der Waals surface area contributed by atoms with E-state index in [0.717, 1.165) is 22.9 Å². The topological polar surface area (TPSA) is 21.3 Å². The molecule has 0 saturated heterocycles. The highest BCUT2D eigenvalue weighted by Gasteiger charge is 2.14. The largest absolute Gasteiger partial charge is 0.453 e. The zero-order chi connectivity index (χ0) is 9.38. The molecular weight excluding hydrogens is 174 g/mol. The molecule has 0 fully saturated rings. The van der Waals surface area contributed by atoms with Crippen molar-refractivity contribution in [1.82, 2.24) is 0 Å². The lowest BCUT2D eigenvalue weighted by Crippen LogP contribution is -2.01. The Morgan fingerprint density at radius 3 is 2.86 bits per heavy atom. The Morgan fingerprint density at radius 1 is 1.00 bits per heavy atom. The molecule has 0 spiro atoms. The lowest BCUT2D eigenvalue weighted by atomic mass is 10.2. The second-order valence-electron chi connectivity index (χ2n) is 3.13. The first-order chi connectivity index (χ1) is 6.93. The number of ether oxygens (including phenoxy) is 1. The summed E-state index contributed by atoms with van der Waals surface area (Å²) in [6, 6.07) is 16.7. The molecule has 14 heavy (non-hydrogen) atoms. The van der Waals surface area contributed by atoms with Crippen molar-refractivity contribution in [3.63, 3.8) is 0 Å². The lowest BCUT2D eigenvalue weighted by molar-refractivity contribution is 0.481. The minimum atomic E-state index is 0.825. The van der Waals surface area contributed by atoms with Crippen LogP contribution in [0.5, 0.6) is 11.5 Å². The summed E-state index contributed by atoms with van der Waals surface area (Å²) < 4.78 is 5.68. The van der Waals surface area contributed by atoms with Crippen LogP contribution in [-0.4, -0.2) is 0 Å². The van der Waals surface area contributed by atoms with Crippen molar-refractivity contribution in [3.05, 3.63) is 48.5 Å². The number of hydrogen-bond acceptors (Lipinski definition) is 2. The summed E-state index contributed by atoms with van der Waals surface area (Å²) >= 11 is 0. The highest BCUT2D eigenvalue weighted by Crippen LogP contribution is 2.40. The molecule has 1 heterocycles. The Labute approximate surface area is 82.1 Å². The van der Waals surface area contributed by atoms with E-state index < -0.39 is 0 Å². The Balaban J connectivity index is 2.12. The molecular formula is C12H8NO. The molecule has 3 rings (SSSR count). The van der Waals surface area contributed by atoms with Crippen LogP contribution in [-0.2, 0) is 0 Å². The van der Waals surface area contributed by atoms with Crippen LogP contribution in [0.25, 0.3) is 0 Å². The third-order valence-corrected chi connectivity index (χ3v) is 2.18. The average molecular weight is 182 g/mol. The quantitative estimate of drug-likeness (QED) is 0.575. The number of hydrogen-bond donors (Lipinski definition) is 1. The van der Waals surface area contributed by atoms with E-state index in [2.05, 4.69) is 11.4 Å². The second kappa shape index (κ2) is 2.77. The zero-order valence-corrected chi connectivity index (χ0v) is 7.45. The third kappa shape index (κ3) is 1.04. The molecule has 0 aliphatic carbocycles. The van der Waals surface area contributed by atoms with Crippen molar-refractivity contribution >= 4 is 11.4 Å². The van der Waals surface area contributed by atoms with E-state index in [9.17, 15) is 0 Å². The van der Waals surface area contributed by atoms with Crippen molar-refractivity contribution in [2.45, 2.75) is 0 Å². The highest BCUT2D eigenvalue weighted by molar-refractivity contribution is 5.74. The molecule has 0 atom stereocenters. The van der Waals surface area contributed by atoms with Crippen molar-refractivity contribution in [1.29, 1.82) is 0 Å². The molecule has 0 saturated carbocycles. The van der Waals surface area contributed by atoms with E-state index in [0.29, 0.717) is 0 Å². The molecule has 0 unspecified atom stereocenters. The minimum Gasteiger partial charge on any atom is -0.453 e. The molecule has 0 aromatic heterocycles. The molecule has 1 radical (unpaired) electrons. The van der Waals surface area contributed by atoms with Crippen LogP contribution < -0.4 is 10.1 Å². The number of fused-ring (bicyclic) bond motifs is 2. The van der Waals surface area contributed by atoms with Gasteiger partial charge in [0.15, 0.2) is 11.5 Å². The van der Waals surface area contributed by atoms with E-state index in [1.807, 2.05) is 42.5 Å². The van der Waals surface area contributed by atoms with Gasteiger partial charge in [-0.3, -0.25) is 0 Å². The van der Waals surface area contributed by atoms with E-state index in [1.165, 1.54) is 0 Å². The first-order valence-electron chi connectivity index (χ1n) is 4.48. The first-order valence-corrected chi connectivity index (χ1v) is 4.48. The molecule has 2 aromatic carbocycles. The lowest BCUT2D eigenvalue weighted by Gasteiger charge is -2.20. The fourth-order valence-corrected chi connectivity index (χ4v) is 1.52. The Kier molecular flexibility index (Phi) is 1.47. The normalized spacial score (nSPS) is 12.0. The smallest absolute Gasteiger partial charge is 0.151 e. The summed E-state index contributed by atoms with van der Waals surface area (Å²) in [6.07, 6.45) is 0. The van der Waals surface area contributed by atoms with Crippen molar-refractivity contribution in [3.8, 4) is 11.5 Å². The van der Waals surface area contributed by atoms with Crippen LogP contribution >= 0.6 is 0 Å². The van der Waals surface area contributed by atoms with E-state index in [1.54, 1.807) is 0 Å². The molecule has 0 amide bonds. The number of para-hydroxylation sites is 3. The SMILES string of the molecule is [c]1cccc2c1Nc1ccccc1O2. The number of rotatable bonds is 0. The first kappa shape index (κ1) is 7.44. The molecule has 67 valence electrons. The highest BCUT2D eigenvalue weighted by atomic mass is 16.5. The fourth-order valence-electron chi connectivity index (χ4n) is 1.52. The molecule has 1 N–H and O–H groups in total. The average Bonchev–Trinajstić information content (AvgIpc) is 2.26. The van der Waals surface area contributed by atoms with Gasteiger partial charge in [-0.05, 0) is 18.2 Å². The standard InChI is InChI=1S/C12H8NO/c1-3-7-11-9(5-1)13-10-6-2-4-8-12(10)14-11/h1-5,7-8,13H. The van der Waals surface area contributed by atoms with E-state index in [4.69, 9.17) is 4.74 Å². The summed E-state index contributed by atoms with van der Waals surface area (Å²) in [4.78, 5) is 0. The maximum atomic E-state index is 5.68. The Morgan fingerprint density at radius 2 is 1.86 bits per heavy atom. The molecule has 2 aromatic rings. The number of anilines is 2. The van der Waals surface area contributed by atoms with Gasteiger partial charge in [-0.2, -0.15) is 0 Å². The van der Waals surface area contributed by atoms with Crippen molar-refractivity contribution in [2.75, 3.05) is 5.32 Å². The summed E-state index contributed by atoms with van der Waals surface area (Å²) in [6.45, 7) is 0. The van der Waals surface area contributed by atoms with Gasteiger partial charge in [0.2, 0.25) is 0 Å². The van der Waals surface area contributed by atoms with Crippen LogP contribution in [0.4, 0.5) is 11.4 Å². The van der Waals surface area contributed by atoms with E-state index >= 15 is 0 Å². The molecule has 1 aliphatic rings. The third-order valence-electron chi connectivity index (χ3n) is 2.18. The summed E-state index contributed by atoms with van der Waals surface area (Å²) in [5, 5.41) is 3.26. The minimum absolute atomic E-state index is 0.825. The number of benzene rings is 2. The second-order valence-corrected chi connectivity index (χ2v) is 3.13. The summed E-state index contributed by atoms with van der Waals surface area (Å²) in [7, 11) is 0. The van der Waals surface area contributed by atoms with Crippen LogP contribution in [0.2, 0.25) is 0 Å². The predicted molar refractivity (Wildman–Crippen MR) is 55.1 cm³/mol. The number of nitrogens with one attached hydrogen (secondary N) is 1. The maximum Gasteiger partial charge on any atom is 0.151 e. The Bertz CT molecular complexity index is 392. The van der Waals surface area contributed by atoms with Gasteiger partial charge in [-0.15, -0.1) is 0 Å². The van der Waals surface area contributed by atoms with Gasteiger partial charge in [-0.25, -0.2) is 0 Å². The van der Waals surface area contributed by atoms with E-state index in [-0.39, 0.29) is 0 Å². The van der Waals surface area contributed by atoms with Gasteiger partial charge >= 0.3 is 0 Å². The van der Waals surface area contributed by atoms with Crippen molar-refractivity contribution in [2.24, 2.45) is 0 Å². The van der Waals surface area contributed by atoms with Crippen LogP contribution in [0.1, 0.15) is 0 Å². The Hall–Kier alpha value is -1.96. The molecule has 2 nitrogen and oxygen atoms in total. The molecule has 0 bridgehead atoms. The van der Waals surface area contributed by atoms with Crippen LogP contribution in [0, 0.1) is 6.07 Å². The molecule has 2 heteroatoms. The van der Waals surface area contributed by atoms with Gasteiger partial charge in [0, 0.05) is 6.07 Å². The monoisotopic (exact) mass is 182 g/mol.